The second-order valence-electron chi connectivity index (χ2n) is 5.60. The fourth-order valence-corrected chi connectivity index (χ4v) is 3.34. The summed E-state index contributed by atoms with van der Waals surface area (Å²) in [5.74, 6) is -0.279. The number of nitrogens with zero attached hydrogens (tertiary/aromatic N) is 1. The molecule has 0 N–H and O–H groups in total. The van der Waals surface area contributed by atoms with Gasteiger partial charge in [0, 0.05) is 22.6 Å². The molecule has 0 fully saturated rings. The molecule has 25 heavy (non-hydrogen) atoms. The number of aldehydes is 2. The second kappa shape index (κ2) is 7.26. The SMILES string of the molecule is O=CCc1cc(C=O)c(=O)n2cc(Cc3cccc(I)c3F)ccc12. The zero-order valence-corrected chi connectivity index (χ0v) is 15.2. The van der Waals surface area contributed by atoms with Gasteiger partial charge in [-0.05, 0) is 57.5 Å². The largest absolute Gasteiger partial charge is 0.303 e. The average Bonchev–Trinajstić information content (AvgIpc) is 2.61. The van der Waals surface area contributed by atoms with Gasteiger partial charge in [-0.2, -0.15) is 0 Å². The van der Waals surface area contributed by atoms with Crippen molar-refractivity contribution in [3.8, 4) is 0 Å². The summed E-state index contributed by atoms with van der Waals surface area (Å²) in [6.07, 6.45) is 3.23. The molecule has 0 atom stereocenters. The van der Waals surface area contributed by atoms with Crippen LogP contribution in [0.4, 0.5) is 4.39 Å². The summed E-state index contributed by atoms with van der Waals surface area (Å²) in [6, 6.07) is 10.1. The highest BCUT2D eigenvalue weighted by atomic mass is 127. The fraction of sp³-hybridized carbons (Fsp3) is 0.105. The lowest BCUT2D eigenvalue weighted by Crippen LogP contribution is -2.20. The van der Waals surface area contributed by atoms with Crippen molar-refractivity contribution < 1.29 is 14.0 Å². The number of hydrogen-bond donors (Lipinski definition) is 0. The lowest BCUT2D eigenvalue weighted by molar-refractivity contribution is -0.107. The lowest BCUT2D eigenvalue weighted by atomic mass is 10.0. The Morgan fingerprint density at radius 2 is 1.92 bits per heavy atom. The number of pyridine rings is 2. The topological polar surface area (TPSA) is 55.6 Å². The van der Waals surface area contributed by atoms with E-state index in [2.05, 4.69) is 0 Å². The highest BCUT2D eigenvalue weighted by Gasteiger charge is 2.11. The van der Waals surface area contributed by atoms with E-state index in [9.17, 15) is 18.8 Å². The number of carbonyl (C=O) groups excluding carboxylic acids is 2. The summed E-state index contributed by atoms with van der Waals surface area (Å²) in [5.41, 5.74) is 1.96. The first-order chi connectivity index (χ1) is 12.0. The molecular formula is C19H13FINO3. The summed E-state index contributed by atoms with van der Waals surface area (Å²) in [6.45, 7) is 0. The van der Waals surface area contributed by atoms with Crippen LogP contribution in [0.2, 0.25) is 0 Å². The van der Waals surface area contributed by atoms with E-state index in [1.54, 1.807) is 36.5 Å². The van der Waals surface area contributed by atoms with E-state index in [0.717, 1.165) is 11.8 Å². The van der Waals surface area contributed by atoms with Crippen molar-refractivity contribution in [2.24, 2.45) is 0 Å². The van der Waals surface area contributed by atoms with Crippen molar-refractivity contribution in [3.63, 3.8) is 0 Å². The first kappa shape index (κ1) is 17.5. The number of fused-ring (bicyclic) bond motifs is 1. The van der Waals surface area contributed by atoms with Gasteiger partial charge in [0.1, 0.15) is 12.1 Å². The Kier molecular flexibility index (Phi) is 5.08. The standard InChI is InChI=1S/C19H13FINO3/c20-18-14(2-1-3-16(18)21)8-12-4-5-17-13(6-7-23)9-15(11-24)19(25)22(17)10-12/h1-5,7,9-11H,6,8H2. The van der Waals surface area contributed by atoms with Gasteiger partial charge >= 0.3 is 0 Å². The van der Waals surface area contributed by atoms with Crippen molar-refractivity contribution in [2.45, 2.75) is 12.8 Å². The summed E-state index contributed by atoms with van der Waals surface area (Å²) < 4.78 is 16.1. The van der Waals surface area contributed by atoms with Crippen molar-refractivity contribution in [2.75, 3.05) is 0 Å². The molecule has 0 radical (unpaired) electrons. The Labute approximate surface area is 156 Å². The predicted octanol–water partition coefficient (Wildman–Crippen LogP) is 3.19. The Bertz CT molecular complexity index is 1040. The third-order valence-corrected chi connectivity index (χ3v) is 4.82. The smallest absolute Gasteiger partial charge is 0.265 e. The van der Waals surface area contributed by atoms with Crippen LogP contribution in [-0.2, 0) is 17.6 Å². The Balaban J connectivity index is 2.14. The van der Waals surface area contributed by atoms with Crippen LogP contribution in [-0.4, -0.2) is 17.0 Å². The van der Waals surface area contributed by atoms with Gasteiger partial charge in [0.15, 0.2) is 6.29 Å². The van der Waals surface area contributed by atoms with Crippen molar-refractivity contribution in [1.82, 2.24) is 4.40 Å². The van der Waals surface area contributed by atoms with Crippen LogP contribution in [0, 0.1) is 9.39 Å². The molecule has 1 aromatic carbocycles. The zero-order chi connectivity index (χ0) is 18.0. The molecule has 0 aliphatic rings. The van der Waals surface area contributed by atoms with E-state index in [0.29, 0.717) is 32.9 Å². The van der Waals surface area contributed by atoms with Gasteiger partial charge in [0.2, 0.25) is 0 Å². The quantitative estimate of drug-likeness (QED) is 0.444. The third-order valence-electron chi connectivity index (χ3n) is 3.99. The molecule has 0 bridgehead atoms. The van der Waals surface area contributed by atoms with Crippen LogP contribution in [0.3, 0.4) is 0 Å². The monoisotopic (exact) mass is 449 g/mol. The lowest BCUT2D eigenvalue weighted by Gasteiger charge is -2.10. The van der Waals surface area contributed by atoms with E-state index in [4.69, 9.17) is 0 Å². The van der Waals surface area contributed by atoms with Crippen molar-refractivity contribution >= 4 is 40.7 Å². The minimum absolute atomic E-state index is 0.00746. The van der Waals surface area contributed by atoms with Gasteiger partial charge in [-0.25, -0.2) is 4.39 Å². The van der Waals surface area contributed by atoms with E-state index in [-0.39, 0.29) is 17.8 Å². The normalized spacial score (nSPS) is 10.8. The van der Waals surface area contributed by atoms with Gasteiger partial charge in [-0.1, -0.05) is 18.2 Å². The van der Waals surface area contributed by atoms with E-state index in [1.165, 1.54) is 10.5 Å². The summed E-state index contributed by atoms with van der Waals surface area (Å²) in [4.78, 5) is 34.4. The number of rotatable bonds is 5. The molecule has 0 aliphatic heterocycles. The van der Waals surface area contributed by atoms with Crippen LogP contribution in [0.15, 0.2) is 47.4 Å². The number of hydrogen-bond acceptors (Lipinski definition) is 3. The molecule has 126 valence electrons. The Hall–Kier alpha value is -2.35. The molecule has 2 aromatic heterocycles. The Morgan fingerprint density at radius 1 is 1.12 bits per heavy atom. The molecule has 0 spiro atoms. The molecule has 3 rings (SSSR count). The number of aromatic nitrogens is 1. The molecule has 0 unspecified atom stereocenters. The molecule has 3 aromatic rings. The van der Waals surface area contributed by atoms with Gasteiger partial charge in [0.25, 0.3) is 5.56 Å². The van der Waals surface area contributed by atoms with Gasteiger partial charge < -0.3 is 4.79 Å². The van der Waals surface area contributed by atoms with Crippen molar-refractivity contribution in [3.05, 3.63) is 84.6 Å². The predicted molar refractivity (Wildman–Crippen MR) is 101 cm³/mol. The first-order valence-electron chi connectivity index (χ1n) is 7.54. The molecule has 4 nitrogen and oxygen atoms in total. The van der Waals surface area contributed by atoms with Crippen LogP contribution in [0.5, 0.6) is 0 Å². The van der Waals surface area contributed by atoms with Gasteiger partial charge in [0.05, 0.1) is 11.1 Å². The fourth-order valence-electron chi connectivity index (χ4n) is 2.78. The average molecular weight is 449 g/mol. The third kappa shape index (κ3) is 3.39. The minimum atomic E-state index is -0.454. The second-order valence-corrected chi connectivity index (χ2v) is 6.76. The first-order valence-corrected chi connectivity index (χ1v) is 8.62. The Morgan fingerprint density at radius 3 is 2.64 bits per heavy atom. The van der Waals surface area contributed by atoms with Crippen LogP contribution in [0.1, 0.15) is 27.0 Å². The maximum absolute atomic E-state index is 14.2. The van der Waals surface area contributed by atoms with Gasteiger partial charge in [-0.15, -0.1) is 0 Å². The molecular weight excluding hydrogens is 436 g/mol. The molecule has 0 amide bonds. The van der Waals surface area contributed by atoms with E-state index >= 15 is 0 Å². The number of carbonyl (C=O) groups is 2. The summed E-state index contributed by atoms with van der Waals surface area (Å²) in [7, 11) is 0. The molecule has 0 saturated carbocycles. The van der Waals surface area contributed by atoms with Crippen LogP contribution >= 0.6 is 22.6 Å². The van der Waals surface area contributed by atoms with Crippen LogP contribution in [0.25, 0.3) is 5.52 Å². The molecule has 6 heteroatoms. The highest BCUT2D eigenvalue weighted by Crippen LogP contribution is 2.19. The van der Waals surface area contributed by atoms with Crippen molar-refractivity contribution in [1.29, 1.82) is 0 Å². The van der Waals surface area contributed by atoms with Gasteiger partial charge in [-0.3, -0.25) is 14.0 Å². The maximum atomic E-state index is 14.2. The molecule has 2 heterocycles. The van der Waals surface area contributed by atoms with E-state index in [1.807, 2.05) is 22.6 Å². The highest BCUT2D eigenvalue weighted by molar-refractivity contribution is 14.1. The van der Waals surface area contributed by atoms with Crippen LogP contribution < -0.4 is 5.56 Å². The minimum Gasteiger partial charge on any atom is -0.303 e. The molecule has 0 aliphatic carbocycles. The van der Waals surface area contributed by atoms with E-state index < -0.39 is 5.56 Å². The zero-order valence-electron chi connectivity index (χ0n) is 13.0. The summed E-state index contributed by atoms with van der Waals surface area (Å²) in [5, 5.41) is 0. The maximum Gasteiger partial charge on any atom is 0.265 e. The number of halogens is 2. The number of benzene rings is 1. The summed E-state index contributed by atoms with van der Waals surface area (Å²) >= 11 is 1.93. The molecule has 0 saturated heterocycles.